The van der Waals surface area contributed by atoms with E-state index in [2.05, 4.69) is 24.1 Å². The standard InChI is InChI=1S/C26H22N4O6S/c1-16(2)18-5-7-19(8-6-18)28-23(31)15-29-25(32)22(37-26(29)33)13-17-3-10-21(11-4-17)36-24-12-9-20(14-27-24)30(34)35/h3-14,16H,15H2,1-2H3,(H,28,31)/b22-13-. The minimum atomic E-state index is -0.550. The highest BCUT2D eigenvalue weighted by atomic mass is 32.2. The third kappa shape index (κ3) is 6.39. The predicted octanol–water partition coefficient (Wildman–Crippen LogP) is 5.58. The van der Waals surface area contributed by atoms with Crippen molar-refractivity contribution in [3.05, 3.63) is 93.0 Å². The van der Waals surface area contributed by atoms with E-state index in [-0.39, 0.29) is 23.0 Å². The summed E-state index contributed by atoms with van der Waals surface area (Å²) in [6.07, 6.45) is 2.66. The summed E-state index contributed by atoms with van der Waals surface area (Å²) in [5, 5.41) is 12.9. The number of nitrogens with one attached hydrogen (secondary N) is 1. The fourth-order valence-corrected chi connectivity index (χ4v) is 4.22. The highest BCUT2D eigenvalue weighted by molar-refractivity contribution is 8.18. The van der Waals surface area contributed by atoms with Gasteiger partial charge in [0, 0.05) is 17.8 Å². The number of thioether (sulfide) groups is 1. The number of benzene rings is 2. The Morgan fingerprint density at radius 1 is 1.11 bits per heavy atom. The molecule has 0 bridgehead atoms. The van der Waals surface area contributed by atoms with Gasteiger partial charge in [-0.2, -0.15) is 0 Å². The molecule has 2 heterocycles. The second-order valence-corrected chi connectivity index (χ2v) is 9.37. The van der Waals surface area contributed by atoms with Crippen LogP contribution in [0.4, 0.5) is 16.2 Å². The monoisotopic (exact) mass is 518 g/mol. The molecular weight excluding hydrogens is 496 g/mol. The van der Waals surface area contributed by atoms with Crippen LogP contribution in [-0.4, -0.2) is 38.4 Å². The van der Waals surface area contributed by atoms with E-state index >= 15 is 0 Å². The summed E-state index contributed by atoms with van der Waals surface area (Å²) in [5.74, 6) is -0.0288. The molecule has 10 nitrogen and oxygen atoms in total. The smallest absolute Gasteiger partial charge is 0.294 e. The molecule has 3 aromatic rings. The van der Waals surface area contributed by atoms with Gasteiger partial charge < -0.3 is 10.1 Å². The van der Waals surface area contributed by atoms with Gasteiger partial charge in [0.05, 0.1) is 9.83 Å². The molecule has 11 heteroatoms. The Kier molecular flexibility index (Phi) is 7.63. The molecule has 0 radical (unpaired) electrons. The van der Waals surface area contributed by atoms with Crippen molar-refractivity contribution in [3.8, 4) is 11.6 Å². The van der Waals surface area contributed by atoms with Crippen molar-refractivity contribution in [1.29, 1.82) is 0 Å². The lowest BCUT2D eigenvalue weighted by Crippen LogP contribution is -2.36. The van der Waals surface area contributed by atoms with Crippen LogP contribution in [0.25, 0.3) is 6.08 Å². The van der Waals surface area contributed by atoms with Gasteiger partial charge in [-0.05, 0) is 59.1 Å². The summed E-state index contributed by atoms with van der Waals surface area (Å²) in [6.45, 7) is 3.76. The highest BCUT2D eigenvalue weighted by Gasteiger charge is 2.36. The van der Waals surface area contributed by atoms with Gasteiger partial charge in [-0.15, -0.1) is 0 Å². The van der Waals surface area contributed by atoms with Gasteiger partial charge in [0.1, 0.15) is 18.5 Å². The molecule has 1 saturated heterocycles. The quantitative estimate of drug-likeness (QED) is 0.232. The predicted molar refractivity (Wildman–Crippen MR) is 139 cm³/mol. The summed E-state index contributed by atoms with van der Waals surface area (Å²) in [5.41, 5.74) is 2.22. The number of aromatic nitrogens is 1. The van der Waals surface area contributed by atoms with Crippen LogP contribution in [0, 0.1) is 10.1 Å². The summed E-state index contributed by atoms with van der Waals surface area (Å²) in [7, 11) is 0. The van der Waals surface area contributed by atoms with Gasteiger partial charge in [0.25, 0.3) is 16.8 Å². The Hall–Kier alpha value is -4.51. The first-order valence-corrected chi connectivity index (χ1v) is 12.0. The van der Waals surface area contributed by atoms with Crippen LogP contribution in [0.5, 0.6) is 11.6 Å². The molecule has 0 saturated carbocycles. The number of nitrogens with zero attached hydrogens (tertiary/aromatic N) is 3. The van der Waals surface area contributed by atoms with Gasteiger partial charge in [-0.25, -0.2) is 4.98 Å². The number of anilines is 1. The third-order valence-electron chi connectivity index (χ3n) is 5.37. The number of amides is 3. The lowest BCUT2D eigenvalue weighted by atomic mass is 10.0. The van der Waals surface area contributed by atoms with Crippen molar-refractivity contribution < 1.29 is 24.0 Å². The highest BCUT2D eigenvalue weighted by Crippen LogP contribution is 2.32. The summed E-state index contributed by atoms with van der Waals surface area (Å²) < 4.78 is 5.57. The maximum atomic E-state index is 12.8. The van der Waals surface area contributed by atoms with Crippen molar-refractivity contribution in [3.63, 3.8) is 0 Å². The minimum Gasteiger partial charge on any atom is -0.439 e. The Morgan fingerprint density at radius 3 is 2.41 bits per heavy atom. The van der Waals surface area contributed by atoms with Crippen LogP contribution < -0.4 is 10.1 Å². The van der Waals surface area contributed by atoms with Crippen LogP contribution in [0.15, 0.2) is 71.8 Å². The first-order valence-electron chi connectivity index (χ1n) is 11.2. The fraction of sp³-hybridized carbons (Fsp3) is 0.154. The largest absolute Gasteiger partial charge is 0.439 e. The maximum absolute atomic E-state index is 12.8. The molecule has 0 spiro atoms. The minimum absolute atomic E-state index is 0.144. The normalized spacial score (nSPS) is 14.4. The third-order valence-corrected chi connectivity index (χ3v) is 6.28. The average molecular weight is 519 g/mol. The van der Waals surface area contributed by atoms with E-state index in [0.717, 1.165) is 28.4 Å². The molecule has 188 valence electrons. The molecule has 1 aliphatic rings. The Morgan fingerprint density at radius 2 is 1.81 bits per heavy atom. The number of hydrogen-bond donors (Lipinski definition) is 1. The number of carbonyl (C=O) groups excluding carboxylic acids is 3. The van der Waals surface area contributed by atoms with E-state index in [1.165, 1.54) is 12.1 Å². The lowest BCUT2D eigenvalue weighted by molar-refractivity contribution is -0.385. The number of nitro groups is 1. The molecule has 4 rings (SSSR count). The first-order chi connectivity index (χ1) is 17.7. The molecule has 0 aliphatic carbocycles. The Labute approximate surface area is 216 Å². The van der Waals surface area contributed by atoms with Crippen LogP contribution >= 0.6 is 11.8 Å². The van der Waals surface area contributed by atoms with Crippen LogP contribution in [0.3, 0.4) is 0 Å². The maximum Gasteiger partial charge on any atom is 0.294 e. The molecular formula is C26H22N4O6S. The average Bonchev–Trinajstić information content (AvgIpc) is 3.13. The Balaban J connectivity index is 1.36. The van der Waals surface area contributed by atoms with Gasteiger partial charge in [-0.3, -0.25) is 29.4 Å². The van der Waals surface area contributed by atoms with Gasteiger partial charge >= 0.3 is 0 Å². The molecule has 2 aromatic carbocycles. The van der Waals surface area contributed by atoms with Crippen molar-refractivity contribution >= 4 is 46.3 Å². The first kappa shape index (κ1) is 25.6. The zero-order valence-electron chi connectivity index (χ0n) is 19.9. The second kappa shape index (κ2) is 11.0. The van der Waals surface area contributed by atoms with Crippen molar-refractivity contribution in [1.82, 2.24) is 9.88 Å². The number of imide groups is 1. The number of rotatable bonds is 8. The summed E-state index contributed by atoms with van der Waals surface area (Å²) >= 11 is 0.763. The van der Waals surface area contributed by atoms with Crippen LogP contribution in [0.2, 0.25) is 0 Å². The van der Waals surface area contributed by atoms with E-state index < -0.39 is 22.0 Å². The number of hydrogen-bond acceptors (Lipinski definition) is 8. The van der Waals surface area contributed by atoms with E-state index in [1.807, 2.05) is 12.1 Å². The molecule has 37 heavy (non-hydrogen) atoms. The van der Waals surface area contributed by atoms with E-state index in [9.17, 15) is 24.5 Å². The second-order valence-electron chi connectivity index (χ2n) is 8.38. The number of ether oxygens (including phenoxy) is 1. The molecule has 0 atom stereocenters. The SMILES string of the molecule is CC(C)c1ccc(NC(=O)CN2C(=O)S/C(=C\c3ccc(Oc4ccc([N+](=O)[O-])cn4)cc3)C2=O)cc1. The van der Waals surface area contributed by atoms with E-state index in [1.54, 1.807) is 42.5 Å². The van der Waals surface area contributed by atoms with E-state index in [0.29, 0.717) is 22.9 Å². The topological polar surface area (TPSA) is 132 Å². The fourth-order valence-electron chi connectivity index (χ4n) is 3.38. The molecule has 0 unspecified atom stereocenters. The summed E-state index contributed by atoms with van der Waals surface area (Å²) in [4.78, 5) is 52.8. The molecule has 1 aromatic heterocycles. The number of carbonyl (C=O) groups is 3. The van der Waals surface area contributed by atoms with Crippen molar-refractivity contribution in [2.75, 3.05) is 11.9 Å². The van der Waals surface area contributed by atoms with Crippen LogP contribution in [-0.2, 0) is 9.59 Å². The van der Waals surface area contributed by atoms with E-state index in [4.69, 9.17) is 4.74 Å². The summed E-state index contributed by atoms with van der Waals surface area (Å²) in [6, 6.07) is 16.7. The van der Waals surface area contributed by atoms with Crippen molar-refractivity contribution in [2.45, 2.75) is 19.8 Å². The number of pyridine rings is 1. The van der Waals surface area contributed by atoms with Crippen LogP contribution in [0.1, 0.15) is 30.9 Å². The Bertz CT molecular complexity index is 1370. The van der Waals surface area contributed by atoms with Crippen molar-refractivity contribution in [2.24, 2.45) is 0 Å². The lowest BCUT2D eigenvalue weighted by Gasteiger charge is -2.13. The van der Waals surface area contributed by atoms with Gasteiger partial charge in [0.15, 0.2) is 0 Å². The zero-order valence-corrected chi connectivity index (χ0v) is 20.7. The zero-order chi connectivity index (χ0) is 26.5. The van der Waals surface area contributed by atoms with Gasteiger partial charge in [-0.1, -0.05) is 38.1 Å². The van der Waals surface area contributed by atoms with Gasteiger partial charge in [0.2, 0.25) is 11.8 Å². The molecule has 3 amide bonds. The molecule has 1 fully saturated rings. The molecule has 1 N–H and O–H groups in total. The molecule has 1 aliphatic heterocycles.